The van der Waals surface area contributed by atoms with Crippen molar-refractivity contribution in [2.24, 2.45) is 12.9 Å². The average molecular weight is 283 g/mol. The van der Waals surface area contributed by atoms with E-state index in [0.717, 1.165) is 28.3 Å². The highest BCUT2D eigenvalue weighted by Crippen LogP contribution is 2.28. The second-order valence-electron chi connectivity index (χ2n) is 4.77. The number of aryl methyl sites for hydroxylation is 4. The van der Waals surface area contributed by atoms with E-state index in [-0.39, 0.29) is 6.04 Å². The van der Waals surface area contributed by atoms with E-state index in [0.29, 0.717) is 11.6 Å². The molecule has 0 spiro atoms. The molecule has 0 aliphatic rings. The minimum Gasteiger partial charge on any atom is -0.466 e. The van der Waals surface area contributed by atoms with Crippen LogP contribution in [0.15, 0.2) is 10.5 Å². The Morgan fingerprint density at radius 1 is 1.47 bits per heavy atom. The van der Waals surface area contributed by atoms with Crippen molar-refractivity contribution in [3.8, 4) is 0 Å². The first-order chi connectivity index (χ1) is 8.93. The van der Waals surface area contributed by atoms with E-state index in [9.17, 15) is 0 Å². The number of halogens is 1. The van der Waals surface area contributed by atoms with Gasteiger partial charge in [-0.2, -0.15) is 5.10 Å². The van der Waals surface area contributed by atoms with Gasteiger partial charge in [-0.25, -0.2) is 0 Å². The Kier molecular flexibility index (Phi) is 3.99. The maximum atomic E-state index is 6.26. The van der Waals surface area contributed by atoms with Gasteiger partial charge >= 0.3 is 0 Å². The maximum absolute atomic E-state index is 6.26. The molecule has 6 heteroatoms. The molecule has 0 saturated carbocycles. The van der Waals surface area contributed by atoms with E-state index in [1.54, 1.807) is 4.68 Å². The second kappa shape index (κ2) is 5.36. The Morgan fingerprint density at radius 3 is 2.58 bits per heavy atom. The number of furan rings is 1. The minimum atomic E-state index is -0.0437. The van der Waals surface area contributed by atoms with Crippen molar-refractivity contribution in [3.63, 3.8) is 0 Å². The van der Waals surface area contributed by atoms with Crippen LogP contribution in [0.3, 0.4) is 0 Å². The van der Waals surface area contributed by atoms with Crippen LogP contribution in [0.1, 0.15) is 34.4 Å². The Balaban J connectivity index is 2.31. The first-order valence-corrected chi connectivity index (χ1v) is 6.52. The second-order valence-corrected chi connectivity index (χ2v) is 5.13. The summed E-state index contributed by atoms with van der Waals surface area (Å²) in [7, 11) is 1.83. The van der Waals surface area contributed by atoms with Gasteiger partial charge in [-0.15, -0.1) is 0 Å². The third-order valence-corrected chi connectivity index (χ3v) is 3.81. The van der Waals surface area contributed by atoms with Crippen LogP contribution in [0.2, 0.25) is 5.15 Å². The molecule has 1 atom stereocenters. The number of nitrogens with two attached hydrogens (primary N) is 1. The van der Waals surface area contributed by atoms with Crippen molar-refractivity contribution >= 4 is 11.6 Å². The summed E-state index contributed by atoms with van der Waals surface area (Å²) in [6, 6.07) is 1.96. The largest absolute Gasteiger partial charge is 0.466 e. The number of hydrogen-bond donors (Lipinski definition) is 2. The fourth-order valence-electron chi connectivity index (χ4n) is 2.36. The zero-order chi connectivity index (χ0) is 14.2. The molecule has 1 unspecified atom stereocenters. The quantitative estimate of drug-likeness (QED) is 0.667. The van der Waals surface area contributed by atoms with Gasteiger partial charge in [0.05, 0.1) is 11.7 Å². The van der Waals surface area contributed by atoms with Gasteiger partial charge in [0.2, 0.25) is 0 Å². The smallest absolute Gasteiger partial charge is 0.130 e. The van der Waals surface area contributed by atoms with E-state index in [1.807, 2.05) is 33.9 Å². The summed E-state index contributed by atoms with van der Waals surface area (Å²) in [6.45, 7) is 5.80. The Morgan fingerprint density at radius 2 is 2.16 bits per heavy atom. The molecular formula is C13H19ClN4O. The van der Waals surface area contributed by atoms with Crippen LogP contribution in [0.4, 0.5) is 0 Å². The van der Waals surface area contributed by atoms with Crippen molar-refractivity contribution in [3.05, 3.63) is 39.6 Å². The number of hydrogen-bond acceptors (Lipinski definition) is 4. The summed E-state index contributed by atoms with van der Waals surface area (Å²) >= 11 is 6.26. The van der Waals surface area contributed by atoms with Crippen LogP contribution in [0, 0.1) is 20.8 Å². The van der Waals surface area contributed by atoms with E-state index in [4.69, 9.17) is 21.9 Å². The molecule has 0 radical (unpaired) electrons. The zero-order valence-electron chi connectivity index (χ0n) is 11.6. The van der Waals surface area contributed by atoms with E-state index in [2.05, 4.69) is 10.5 Å². The van der Waals surface area contributed by atoms with E-state index in [1.165, 1.54) is 0 Å². The van der Waals surface area contributed by atoms with Crippen LogP contribution < -0.4 is 11.3 Å². The molecule has 2 heterocycles. The highest BCUT2D eigenvalue weighted by molar-refractivity contribution is 6.30. The summed E-state index contributed by atoms with van der Waals surface area (Å²) in [4.78, 5) is 0. The summed E-state index contributed by atoms with van der Waals surface area (Å²) in [5.41, 5.74) is 5.81. The highest BCUT2D eigenvalue weighted by atomic mass is 35.5. The molecule has 0 bridgehead atoms. The SMILES string of the molecule is Cc1cc(C(Cc2c(C)nn(C)c2Cl)NN)c(C)o1. The predicted octanol–water partition coefficient (Wildman–Crippen LogP) is 2.34. The molecule has 2 rings (SSSR count). The molecule has 0 aromatic carbocycles. The van der Waals surface area contributed by atoms with Crippen molar-refractivity contribution in [1.29, 1.82) is 0 Å². The summed E-state index contributed by atoms with van der Waals surface area (Å²) in [5.74, 6) is 7.43. The topological polar surface area (TPSA) is 69.0 Å². The lowest BCUT2D eigenvalue weighted by Gasteiger charge is -2.15. The van der Waals surface area contributed by atoms with Gasteiger partial charge in [0.15, 0.2) is 0 Å². The predicted molar refractivity (Wildman–Crippen MR) is 74.9 cm³/mol. The van der Waals surface area contributed by atoms with Gasteiger partial charge in [-0.05, 0) is 33.3 Å². The highest BCUT2D eigenvalue weighted by Gasteiger charge is 2.21. The molecule has 104 valence electrons. The standard InChI is InChI=1S/C13H19ClN4O/c1-7-5-11(9(3)19-7)12(16-15)6-10-8(2)17-18(4)13(10)14/h5,12,16H,6,15H2,1-4H3. The minimum absolute atomic E-state index is 0.0437. The Hall–Kier alpha value is -1.30. The zero-order valence-corrected chi connectivity index (χ0v) is 12.4. The van der Waals surface area contributed by atoms with E-state index < -0.39 is 0 Å². The molecular weight excluding hydrogens is 264 g/mol. The third kappa shape index (κ3) is 2.68. The monoisotopic (exact) mass is 282 g/mol. The van der Waals surface area contributed by atoms with Crippen LogP contribution >= 0.6 is 11.6 Å². The van der Waals surface area contributed by atoms with Crippen LogP contribution in [0.5, 0.6) is 0 Å². The number of nitrogens with zero attached hydrogens (tertiary/aromatic N) is 2. The maximum Gasteiger partial charge on any atom is 0.130 e. The molecule has 3 N–H and O–H groups in total. The van der Waals surface area contributed by atoms with Crippen molar-refractivity contribution in [2.45, 2.75) is 33.2 Å². The molecule has 0 aliphatic heterocycles. The van der Waals surface area contributed by atoms with Crippen LogP contribution in [-0.4, -0.2) is 9.78 Å². The van der Waals surface area contributed by atoms with Crippen molar-refractivity contribution in [2.75, 3.05) is 0 Å². The van der Waals surface area contributed by atoms with Crippen molar-refractivity contribution in [1.82, 2.24) is 15.2 Å². The van der Waals surface area contributed by atoms with Crippen molar-refractivity contribution < 1.29 is 4.42 Å². The van der Waals surface area contributed by atoms with Crippen LogP contribution in [-0.2, 0) is 13.5 Å². The van der Waals surface area contributed by atoms with Crippen LogP contribution in [0.25, 0.3) is 0 Å². The summed E-state index contributed by atoms with van der Waals surface area (Å²) in [6.07, 6.45) is 0.675. The molecule has 19 heavy (non-hydrogen) atoms. The first kappa shape index (κ1) is 14.1. The first-order valence-electron chi connectivity index (χ1n) is 6.15. The molecule has 2 aromatic rings. The normalized spacial score (nSPS) is 12.9. The lowest BCUT2D eigenvalue weighted by atomic mass is 10.00. The number of aromatic nitrogens is 2. The van der Waals surface area contributed by atoms with Gasteiger partial charge in [-0.1, -0.05) is 11.6 Å². The third-order valence-electron chi connectivity index (χ3n) is 3.33. The Bertz CT molecular complexity index is 588. The summed E-state index contributed by atoms with van der Waals surface area (Å²) < 4.78 is 7.23. The number of hydrazine groups is 1. The molecule has 2 aromatic heterocycles. The Labute approximate surface area is 117 Å². The van der Waals surface area contributed by atoms with Gasteiger partial charge in [0.25, 0.3) is 0 Å². The van der Waals surface area contributed by atoms with Gasteiger partial charge < -0.3 is 4.42 Å². The average Bonchev–Trinajstić information content (AvgIpc) is 2.79. The van der Waals surface area contributed by atoms with Gasteiger partial charge in [0.1, 0.15) is 16.7 Å². The summed E-state index contributed by atoms with van der Waals surface area (Å²) in [5, 5.41) is 4.96. The fraction of sp³-hybridized carbons (Fsp3) is 0.462. The number of rotatable bonds is 4. The van der Waals surface area contributed by atoms with Gasteiger partial charge in [0, 0.05) is 18.2 Å². The lowest BCUT2D eigenvalue weighted by molar-refractivity contribution is 0.484. The molecule has 0 fully saturated rings. The van der Waals surface area contributed by atoms with Gasteiger partial charge in [-0.3, -0.25) is 16.0 Å². The fourth-order valence-corrected chi connectivity index (χ4v) is 2.62. The van der Waals surface area contributed by atoms with E-state index >= 15 is 0 Å². The number of nitrogens with one attached hydrogen (secondary N) is 1. The molecule has 0 amide bonds. The molecule has 5 nitrogen and oxygen atoms in total. The molecule has 0 aliphatic carbocycles. The lowest BCUT2D eigenvalue weighted by Crippen LogP contribution is -2.30. The molecule has 0 saturated heterocycles.